The van der Waals surface area contributed by atoms with Crippen LogP contribution in [0.15, 0.2) is 6.07 Å². The van der Waals surface area contributed by atoms with Gasteiger partial charge in [-0.2, -0.15) is 0 Å². The summed E-state index contributed by atoms with van der Waals surface area (Å²) >= 11 is 0. The number of nitrogens with zero attached hydrogens (tertiary/aromatic N) is 1. The van der Waals surface area contributed by atoms with Crippen molar-refractivity contribution in [2.75, 3.05) is 14.2 Å². The quantitative estimate of drug-likeness (QED) is 0.810. The summed E-state index contributed by atoms with van der Waals surface area (Å²) in [5.74, 6) is -0.913. The van der Waals surface area contributed by atoms with Gasteiger partial charge >= 0.3 is 5.97 Å². The molecule has 0 saturated heterocycles. The number of esters is 1. The predicted octanol–water partition coefficient (Wildman–Crippen LogP) is 1.27. The monoisotopic (exact) mass is 246 g/mol. The van der Waals surface area contributed by atoms with Crippen LogP contribution in [0.5, 0.6) is 5.88 Å². The lowest BCUT2D eigenvalue weighted by atomic mass is 10.1. The highest BCUT2D eigenvalue weighted by molar-refractivity contribution is 5.92. The van der Waals surface area contributed by atoms with Gasteiger partial charge in [-0.25, -0.2) is 18.6 Å². The molecule has 0 saturated carbocycles. The molecule has 1 rings (SSSR count). The van der Waals surface area contributed by atoms with Gasteiger partial charge in [0.1, 0.15) is 0 Å². The van der Waals surface area contributed by atoms with Crippen LogP contribution in [-0.4, -0.2) is 25.2 Å². The topological polar surface area (TPSA) is 74.4 Å². The second-order valence-corrected chi connectivity index (χ2v) is 3.07. The summed E-state index contributed by atoms with van der Waals surface area (Å²) in [4.78, 5) is 15.3. The van der Waals surface area contributed by atoms with Gasteiger partial charge in [0.15, 0.2) is 0 Å². The molecule has 0 fully saturated rings. The first-order valence-electron chi connectivity index (χ1n) is 4.69. The minimum absolute atomic E-state index is 0.0199. The first-order chi connectivity index (χ1) is 8.04. The van der Waals surface area contributed by atoms with Gasteiger partial charge in [-0.3, -0.25) is 0 Å². The number of hydrogen-bond donors (Lipinski definition) is 1. The van der Waals surface area contributed by atoms with Crippen molar-refractivity contribution in [3.63, 3.8) is 0 Å². The van der Waals surface area contributed by atoms with Crippen LogP contribution in [0.3, 0.4) is 0 Å². The van der Waals surface area contributed by atoms with E-state index in [0.29, 0.717) is 0 Å². The lowest BCUT2D eigenvalue weighted by molar-refractivity contribution is 0.0587. The van der Waals surface area contributed by atoms with Crippen LogP contribution in [0.25, 0.3) is 0 Å². The summed E-state index contributed by atoms with van der Waals surface area (Å²) in [7, 11) is 2.39. The molecule has 0 aromatic carbocycles. The Morgan fingerprint density at radius 1 is 1.53 bits per heavy atom. The Bertz CT molecular complexity index is 424. The zero-order chi connectivity index (χ0) is 13.0. The largest absolute Gasteiger partial charge is 0.481 e. The minimum Gasteiger partial charge on any atom is -0.481 e. The molecular formula is C10H12F2N2O3. The van der Waals surface area contributed by atoms with E-state index in [-0.39, 0.29) is 23.7 Å². The number of methoxy groups -OCH3 is 2. The summed E-state index contributed by atoms with van der Waals surface area (Å²) in [5, 5.41) is 0. The maximum absolute atomic E-state index is 12.8. The molecule has 2 N–H and O–H groups in total. The zero-order valence-corrected chi connectivity index (χ0v) is 9.37. The minimum atomic E-state index is -2.84. The Balaban J connectivity index is 3.46. The SMILES string of the molecule is COC(=O)c1c(C(F)F)cc(OC)nc1CN. The summed E-state index contributed by atoms with van der Waals surface area (Å²) in [6.07, 6.45) is -2.84. The number of rotatable bonds is 4. The van der Waals surface area contributed by atoms with Crippen LogP contribution in [0.2, 0.25) is 0 Å². The van der Waals surface area contributed by atoms with Crippen molar-refractivity contribution >= 4 is 5.97 Å². The average Bonchev–Trinajstić information content (AvgIpc) is 2.35. The molecule has 5 nitrogen and oxygen atoms in total. The van der Waals surface area contributed by atoms with E-state index in [1.807, 2.05) is 0 Å². The van der Waals surface area contributed by atoms with Gasteiger partial charge in [0.25, 0.3) is 6.43 Å². The van der Waals surface area contributed by atoms with Crippen molar-refractivity contribution in [1.82, 2.24) is 4.98 Å². The number of carbonyl (C=O) groups excluding carboxylic acids is 1. The Kier molecular flexibility index (Phi) is 4.33. The zero-order valence-electron chi connectivity index (χ0n) is 9.37. The van der Waals surface area contributed by atoms with Gasteiger partial charge in [0.2, 0.25) is 5.88 Å². The highest BCUT2D eigenvalue weighted by Gasteiger charge is 2.24. The highest BCUT2D eigenvalue weighted by Crippen LogP contribution is 2.28. The molecule has 0 spiro atoms. The Morgan fingerprint density at radius 3 is 2.59 bits per heavy atom. The van der Waals surface area contributed by atoms with Crippen LogP contribution in [0, 0.1) is 0 Å². The molecule has 0 aliphatic rings. The summed E-state index contributed by atoms with van der Waals surface area (Å²) in [5.41, 5.74) is 4.59. The van der Waals surface area contributed by atoms with Crippen molar-refractivity contribution in [3.05, 3.63) is 22.9 Å². The van der Waals surface area contributed by atoms with E-state index in [0.717, 1.165) is 13.2 Å². The van der Waals surface area contributed by atoms with E-state index >= 15 is 0 Å². The molecule has 0 bridgehead atoms. The van der Waals surface area contributed by atoms with E-state index in [1.165, 1.54) is 7.11 Å². The molecule has 0 radical (unpaired) electrons. The molecule has 1 aromatic rings. The number of pyridine rings is 1. The molecule has 0 atom stereocenters. The molecule has 0 aliphatic carbocycles. The number of carbonyl (C=O) groups is 1. The van der Waals surface area contributed by atoms with Gasteiger partial charge in [-0.1, -0.05) is 0 Å². The van der Waals surface area contributed by atoms with Gasteiger partial charge in [-0.05, 0) is 0 Å². The number of ether oxygens (including phenoxy) is 2. The molecule has 7 heteroatoms. The van der Waals surface area contributed by atoms with Gasteiger partial charge in [-0.15, -0.1) is 0 Å². The molecule has 1 aromatic heterocycles. The molecule has 17 heavy (non-hydrogen) atoms. The fourth-order valence-corrected chi connectivity index (χ4v) is 1.36. The van der Waals surface area contributed by atoms with E-state index in [9.17, 15) is 13.6 Å². The van der Waals surface area contributed by atoms with E-state index in [4.69, 9.17) is 10.5 Å². The lowest BCUT2D eigenvalue weighted by Crippen LogP contribution is -2.15. The van der Waals surface area contributed by atoms with Crippen molar-refractivity contribution in [2.24, 2.45) is 5.73 Å². The number of halogens is 2. The number of nitrogens with two attached hydrogens (primary N) is 1. The lowest BCUT2D eigenvalue weighted by Gasteiger charge is -2.12. The molecule has 0 amide bonds. The van der Waals surface area contributed by atoms with Crippen LogP contribution < -0.4 is 10.5 Å². The molecule has 94 valence electrons. The van der Waals surface area contributed by atoms with Gasteiger partial charge < -0.3 is 15.2 Å². The van der Waals surface area contributed by atoms with Crippen molar-refractivity contribution in [2.45, 2.75) is 13.0 Å². The first kappa shape index (κ1) is 13.3. The Hall–Kier alpha value is -1.76. The predicted molar refractivity (Wildman–Crippen MR) is 55.0 cm³/mol. The van der Waals surface area contributed by atoms with Crippen LogP contribution >= 0.6 is 0 Å². The second kappa shape index (κ2) is 5.53. The third-order valence-corrected chi connectivity index (χ3v) is 2.13. The van der Waals surface area contributed by atoms with Crippen molar-refractivity contribution in [3.8, 4) is 5.88 Å². The third-order valence-electron chi connectivity index (χ3n) is 2.13. The summed E-state index contributed by atoms with van der Waals surface area (Å²) < 4.78 is 34.8. The van der Waals surface area contributed by atoms with E-state index in [1.54, 1.807) is 0 Å². The Labute approximate surface area is 96.5 Å². The highest BCUT2D eigenvalue weighted by atomic mass is 19.3. The van der Waals surface area contributed by atoms with Crippen LogP contribution in [-0.2, 0) is 11.3 Å². The van der Waals surface area contributed by atoms with E-state index < -0.39 is 18.0 Å². The van der Waals surface area contributed by atoms with Gasteiger partial charge in [0.05, 0.1) is 25.5 Å². The number of alkyl halides is 2. The molecular weight excluding hydrogens is 234 g/mol. The number of aromatic nitrogens is 1. The average molecular weight is 246 g/mol. The smallest absolute Gasteiger partial charge is 0.340 e. The summed E-state index contributed by atoms with van der Waals surface area (Å²) in [6.45, 7) is -0.165. The number of hydrogen-bond acceptors (Lipinski definition) is 5. The fraction of sp³-hybridized carbons (Fsp3) is 0.400. The normalized spacial score (nSPS) is 10.5. The van der Waals surface area contributed by atoms with Gasteiger partial charge in [0, 0.05) is 18.2 Å². The molecule has 0 aliphatic heterocycles. The van der Waals surface area contributed by atoms with E-state index in [2.05, 4.69) is 9.72 Å². The standard InChI is InChI=1S/C10H12F2N2O3/c1-16-7-3-5(9(11)12)8(10(15)17-2)6(4-13)14-7/h3,9H,4,13H2,1-2H3. The second-order valence-electron chi connectivity index (χ2n) is 3.07. The van der Waals surface area contributed by atoms with Crippen molar-refractivity contribution < 1.29 is 23.0 Å². The van der Waals surface area contributed by atoms with Crippen LogP contribution in [0.1, 0.15) is 28.0 Å². The van der Waals surface area contributed by atoms with Crippen molar-refractivity contribution in [1.29, 1.82) is 0 Å². The molecule has 1 heterocycles. The maximum atomic E-state index is 12.8. The third kappa shape index (κ3) is 2.68. The summed E-state index contributed by atoms with van der Waals surface area (Å²) in [6, 6.07) is 0.996. The van der Waals surface area contributed by atoms with Crippen LogP contribution in [0.4, 0.5) is 8.78 Å². The molecule has 0 unspecified atom stereocenters. The maximum Gasteiger partial charge on any atom is 0.340 e. The first-order valence-corrected chi connectivity index (χ1v) is 4.69. The Morgan fingerprint density at radius 2 is 2.18 bits per heavy atom. The fourth-order valence-electron chi connectivity index (χ4n) is 1.36.